The average molecular weight is 402 g/mol. The lowest BCUT2D eigenvalue weighted by atomic mass is 9.58. The lowest BCUT2D eigenvalue weighted by Gasteiger charge is -2.53. The van der Waals surface area contributed by atoms with Crippen molar-refractivity contribution in [3.05, 3.63) is 23.8 Å². The minimum absolute atomic E-state index is 0.0242. The molecule has 160 valence electrons. The van der Waals surface area contributed by atoms with Gasteiger partial charge in [-0.05, 0) is 65.5 Å². The third-order valence-corrected chi connectivity index (χ3v) is 7.94. The van der Waals surface area contributed by atoms with E-state index >= 15 is 0 Å². The van der Waals surface area contributed by atoms with E-state index in [-0.39, 0.29) is 34.6 Å². The van der Waals surface area contributed by atoms with Gasteiger partial charge in [-0.1, -0.05) is 33.8 Å². The Morgan fingerprint density at radius 3 is 2.83 bits per heavy atom. The van der Waals surface area contributed by atoms with Crippen LogP contribution in [-0.4, -0.2) is 30.8 Å². The maximum absolute atomic E-state index is 12.7. The average Bonchev–Trinajstić information content (AvgIpc) is 3.14. The van der Waals surface area contributed by atoms with Crippen LogP contribution in [0.3, 0.4) is 0 Å². The first-order valence-electron chi connectivity index (χ1n) is 11.0. The standard InChI is InChI=1S/C24H35NO4/c1-14(2)10-20(27)25-22-23(3,4)16-12-17-21(29-9-8-24(17,22)13-16)15-6-7-18(26)19(11-15)28-5/h6-7,11,14,16-17,21-22,26H,8-10,12-13H2,1-5H3,(H,25,27)/t16-,17-,21-,22+,24-/m1/s1. The fraction of sp³-hybridized carbons (Fsp3) is 0.708. The van der Waals surface area contributed by atoms with Crippen molar-refractivity contribution < 1.29 is 19.4 Å². The van der Waals surface area contributed by atoms with Gasteiger partial charge >= 0.3 is 0 Å². The van der Waals surface area contributed by atoms with Gasteiger partial charge in [0.25, 0.3) is 0 Å². The fourth-order valence-electron chi connectivity index (χ4n) is 6.58. The summed E-state index contributed by atoms with van der Waals surface area (Å²) in [5.41, 5.74) is 1.23. The molecular formula is C24H35NO4. The van der Waals surface area contributed by atoms with Crippen LogP contribution in [-0.2, 0) is 9.53 Å². The van der Waals surface area contributed by atoms with Gasteiger partial charge in [0.05, 0.1) is 13.2 Å². The van der Waals surface area contributed by atoms with Crippen LogP contribution >= 0.6 is 0 Å². The highest BCUT2D eigenvalue weighted by molar-refractivity contribution is 5.76. The van der Waals surface area contributed by atoms with E-state index in [1.165, 1.54) is 0 Å². The molecule has 3 fully saturated rings. The molecule has 2 saturated carbocycles. The largest absolute Gasteiger partial charge is 0.504 e. The van der Waals surface area contributed by atoms with Crippen LogP contribution in [0.5, 0.6) is 11.5 Å². The van der Waals surface area contributed by atoms with Crippen LogP contribution in [0.2, 0.25) is 0 Å². The van der Waals surface area contributed by atoms with Gasteiger partial charge in [0.15, 0.2) is 11.5 Å². The number of carbonyl (C=O) groups is 1. The van der Waals surface area contributed by atoms with Crippen LogP contribution in [0.25, 0.3) is 0 Å². The van der Waals surface area contributed by atoms with E-state index in [0.717, 1.165) is 24.8 Å². The second-order valence-corrected chi connectivity index (χ2v) is 10.4. The Balaban J connectivity index is 1.65. The highest BCUT2D eigenvalue weighted by atomic mass is 16.5. The summed E-state index contributed by atoms with van der Waals surface area (Å²) in [4.78, 5) is 12.7. The van der Waals surface area contributed by atoms with Crippen molar-refractivity contribution in [2.24, 2.45) is 28.6 Å². The van der Waals surface area contributed by atoms with Crippen molar-refractivity contribution in [1.82, 2.24) is 5.32 Å². The molecule has 1 aromatic rings. The van der Waals surface area contributed by atoms with E-state index in [0.29, 0.717) is 36.5 Å². The quantitative estimate of drug-likeness (QED) is 0.765. The highest BCUT2D eigenvalue weighted by Crippen LogP contribution is 2.70. The number of hydrogen-bond acceptors (Lipinski definition) is 4. The first-order valence-corrected chi connectivity index (χ1v) is 11.0. The second-order valence-electron chi connectivity index (χ2n) is 10.4. The molecule has 1 amide bonds. The van der Waals surface area contributed by atoms with Crippen molar-refractivity contribution >= 4 is 5.91 Å². The Morgan fingerprint density at radius 1 is 1.38 bits per heavy atom. The Bertz CT molecular complexity index is 789. The molecule has 0 unspecified atom stereocenters. The van der Waals surface area contributed by atoms with E-state index in [2.05, 4.69) is 33.0 Å². The van der Waals surface area contributed by atoms with E-state index in [4.69, 9.17) is 9.47 Å². The summed E-state index contributed by atoms with van der Waals surface area (Å²) in [5.74, 6) is 2.11. The van der Waals surface area contributed by atoms with Gasteiger partial charge in [-0.2, -0.15) is 0 Å². The fourth-order valence-corrected chi connectivity index (χ4v) is 6.58. The van der Waals surface area contributed by atoms with Crippen LogP contribution < -0.4 is 10.1 Å². The Kier molecular flexibility index (Phi) is 5.09. The number of nitrogens with one attached hydrogen (secondary N) is 1. The van der Waals surface area contributed by atoms with Crippen molar-refractivity contribution in [2.75, 3.05) is 13.7 Å². The number of phenols is 1. The predicted octanol–water partition coefficient (Wildman–Crippen LogP) is 4.45. The summed E-state index contributed by atoms with van der Waals surface area (Å²) >= 11 is 0. The molecule has 5 atom stereocenters. The molecule has 2 bridgehead atoms. The number of amides is 1. The van der Waals surface area contributed by atoms with Gasteiger partial charge in [-0.15, -0.1) is 0 Å². The van der Waals surface area contributed by atoms with Gasteiger partial charge in [-0.25, -0.2) is 0 Å². The number of hydrogen-bond donors (Lipinski definition) is 2. The lowest BCUT2D eigenvalue weighted by molar-refractivity contribution is -0.137. The highest BCUT2D eigenvalue weighted by Gasteiger charge is 2.68. The zero-order chi connectivity index (χ0) is 21.0. The topological polar surface area (TPSA) is 67.8 Å². The molecule has 4 rings (SSSR count). The third kappa shape index (κ3) is 3.22. The van der Waals surface area contributed by atoms with Crippen molar-refractivity contribution in [3.8, 4) is 11.5 Å². The van der Waals surface area contributed by atoms with Gasteiger partial charge in [0.1, 0.15) is 0 Å². The molecule has 2 aliphatic carbocycles. The molecule has 0 aromatic heterocycles. The molecule has 5 nitrogen and oxygen atoms in total. The third-order valence-electron chi connectivity index (χ3n) is 7.94. The number of rotatable bonds is 5. The van der Waals surface area contributed by atoms with Gasteiger partial charge in [0.2, 0.25) is 5.91 Å². The molecule has 0 radical (unpaired) electrons. The number of aromatic hydroxyl groups is 1. The minimum Gasteiger partial charge on any atom is -0.504 e. The first-order chi connectivity index (χ1) is 13.7. The van der Waals surface area contributed by atoms with Gasteiger partial charge < -0.3 is 19.9 Å². The Labute approximate surface area is 174 Å². The van der Waals surface area contributed by atoms with E-state index in [9.17, 15) is 9.90 Å². The summed E-state index contributed by atoms with van der Waals surface area (Å²) < 4.78 is 11.6. The lowest BCUT2D eigenvalue weighted by Crippen LogP contribution is -2.59. The smallest absolute Gasteiger partial charge is 0.220 e. The molecule has 1 aliphatic heterocycles. The predicted molar refractivity (Wildman–Crippen MR) is 112 cm³/mol. The Hall–Kier alpha value is -1.75. The molecule has 3 aliphatic rings. The molecule has 29 heavy (non-hydrogen) atoms. The summed E-state index contributed by atoms with van der Waals surface area (Å²) in [6.07, 6.45) is 3.83. The van der Waals surface area contributed by atoms with Crippen molar-refractivity contribution in [2.45, 2.75) is 65.5 Å². The number of benzene rings is 1. The van der Waals surface area contributed by atoms with Crippen LogP contribution in [0, 0.1) is 28.6 Å². The van der Waals surface area contributed by atoms with Gasteiger partial charge in [0, 0.05) is 19.1 Å². The van der Waals surface area contributed by atoms with Gasteiger partial charge in [-0.3, -0.25) is 4.79 Å². The number of ether oxygens (including phenoxy) is 2. The zero-order valence-corrected chi connectivity index (χ0v) is 18.3. The molecule has 2 N–H and O–H groups in total. The summed E-state index contributed by atoms with van der Waals surface area (Å²) in [5, 5.41) is 13.5. The monoisotopic (exact) mass is 401 g/mol. The first kappa shape index (κ1) is 20.5. The molecule has 1 saturated heterocycles. The minimum atomic E-state index is -0.0242. The van der Waals surface area contributed by atoms with E-state index in [1.807, 2.05) is 12.1 Å². The molecule has 1 heterocycles. The maximum Gasteiger partial charge on any atom is 0.220 e. The summed E-state index contributed by atoms with van der Waals surface area (Å²) in [7, 11) is 1.57. The second kappa shape index (κ2) is 7.19. The van der Waals surface area contributed by atoms with Crippen molar-refractivity contribution in [1.29, 1.82) is 0 Å². The van der Waals surface area contributed by atoms with Crippen LogP contribution in [0.15, 0.2) is 18.2 Å². The summed E-state index contributed by atoms with van der Waals surface area (Å²) in [6.45, 7) is 9.54. The Morgan fingerprint density at radius 2 is 2.14 bits per heavy atom. The van der Waals surface area contributed by atoms with E-state index < -0.39 is 0 Å². The molecule has 1 spiro atoms. The SMILES string of the molecule is COc1cc([C@H]2OCC[C@@]34C[C@@H](C[C@H]23)C(C)(C)[C@@H]4NC(=O)CC(C)C)ccc1O. The molecule has 5 heteroatoms. The maximum atomic E-state index is 12.7. The summed E-state index contributed by atoms with van der Waals surface area (Å²) in [6, 6.07) is 5.72. The number of phenolic OH excluding ortho intramolecular Hbond substituents is 1. The normalized spacial score (nSPS) is 34.8. The molecular weight excluding hydrogens is 366 g/mol. The van der Waals surface area contributed by atoms with Crippen LogP contribution in [0.1, 0.15) is 65.0 Å². The number of fused-ring (bicyclic) bond motifs is 1. The number of methoxy groups -OCH3 is 1. The van der Waals surface area contributed by atoms with Crippen LogP contribution in [0.4, 0.5) is 0 Å². The van der Waals surface area contributed by atoms with Crippen molar-refractivity contribution in [3.63, 3.8) is 0 Å². The zero-order valence-electron chi connectivity index (χ0n) is 18.3. The number of carbonyl (C=O) groups excluding carboxylic acids is 1. The molecule has 1 aromatic carbocycles. The van der Waals surface area contributed by atoms with E-state index in [1.54, 1.807) is 13.2 Å².